The van der Waals surface area contributed by atoms with Crippen LogP contribution in [0.1, 0.15) is 12.0 Å². The molecule has 0 bridgehead atoms. The summed E-state index contributed by atoms with van der Waals surface area (Å²) in [7, 11) is 0. The highest BCUT2D eigenvalue weighted by Crippen LogP contribution is 2.32. The number of carbonyl (C=O) groups is 1. The molecule has 0 aliphatic carbocycles. The lowest BCUT2D eigenvalue weighted by Gasteiger charge is -2.12. The minimum Gasteiger partial charge on any atom is -0.465 e. The number of hydrogen-bond acceptors (Lipinski definition) is 5. The van der Waals surface area contributed by atoms with E-state index in [2.05, 4.69) is 10.2 Å². The Hall–Kier alpha value is -2.67. The third-order valence-corrected chi connectivity index (χ3v) is 5.38. The number of ether oxygens (including phenoxy) is 1. The van der Waals surface area contributed by atoms with E-state index in [0.29, 0.717) is 36.1 Å². The summed E-state index contributed by atoms with van der Waals surface area (Å²) in [5.41, 5.74) is 1.43. The van der Waals surface area contributed by atoms with E-state index in [-0.39, 0.29) is 17.0 Å². The Morgan fingerprint density at radius 3 is 2.62 bits per heavy atom. The monoisotopic (exact) mass is 369 g/mol. The molecule has 7 heteroatoms. The SMILES string of the molecule is O=C1OCCC1Sc1nnc(-c2ccccc2F)n1Cc1ccccc1. The number of hydrogen-bond donors (Lipinski definition) is 0. The molecule has 4 rings (SSSR count). The highest BCUT2D eigenvalue weighted by Gasteiger charge is 2.30. The molecular formula is C19H16FN3O2S. The molecule has 1 aliphatic rings. The quantitative estimate of drug-likeness (QED) is 0.644. The highest BCUT2D eigenvalue weighted by atomic mass is 32.2. The van der Waals surface area contributed by atoms with Crippen molar-refractivity contribution in [3.63, 3.8) is 0 Å². The number of aromatic nitrogens is 3. The first-order chi connectivity index (χ1) is 12.7. The van der Waals surface area contributed by atoms with Crippen LogP contribution < -0.4 is 0 Å². The van der Waals surface area contributed by atoms with Crippen LogP contribution in [0.3, 0.4) is 0 Å². The first kappa shape index (κ1) is 16.8. The molecule has 1 aromatic heterocycles. The van der Waals surface area contributed by atoms with Crippen LogP contribution in [-0.2, 0) is 16.1 Å². The van der Waals surface area contributed by atoms with Gasteiger partial charge in [-0.3, -0.25) is 9.36 Å². The molecule has 5 nitrogen and oxygen atoms in total. The second-order valence-electron chi connectivity index (χ2n) is 5.92. The van der Waals surface area contributed by atoms with Crippen LogP contribution >= 0.6 is 11.8 Å². The van der Waals surface area contributed by atoms with Crippen LogP contribution in [0.2, 0.25) is 0 Å². The van der Waals surface area contributed by atoms with E-state index >= 15 is 0 Å². The predicted octanol–water partition coefficient (Wildman–Crippen LogP) is 3.54. The molecule has 26 heavy (non-hydrogen) atoms. The molecule has 1 unspecified atom stereocenters. The Labute approximate surface area is 154 Å². The number of halogens is 1. The van der Waals surface area contributed by atoms with E-state index in [1.807, 2.05) is 34.9 Å². The van der Waals surface area contributed by atoms with E-state index in [1.165, 1.54) is 17.8 Å². The number of rotatable bonds is 5. The first-order valence-corrected chi connectivity index (χ1v) is 9.15. The van der Waals surface area contributed by atoms with Crippen LogP contribution in [0.25, 0.3) is 11.4 Å². The number of carbonyl (C=O) groups excluding carboxylic acids is 1. The molecule has 1 atom stereocenters. The second-order valence-corrected chi connectivity index (χ2v) is 7.09. The van der Waals surface area contributed by atoms with Gasteiger partial charge in [-0.15, -0.1) is 10.2 Å². The zero-order valence-electron chi connectivity index (χ0n) is 13.8. The number of nitrogens with zero attached hydrogens (tertiary/aromatic N) is 3. The van der Waals surface area contributed by atoms with Crippen molar-refractivity contribution in [1.29, 1.82) is 0 Å². The second kappa shape index (κ2) is 7.29. The molecule has 0 N–H and O–H groups in total. The predicted molar refractivity (Wildman–Crippen MR) is 96.2 cm³/mol. The smallest absolute Gasteiger partial charge is 0.319 e. The van der Waals surface area contributed by atoms with Gasteiger partial charge in [0.15, 0.2) is 11.0 Å². The minimum absolute atomic E-state index is 0.239. The van der Waals surface area contributed by atoms with Crippen molar-refractivity contribution < 1.29 is 13.9 Å². The van der Waals surface area contributed by atoms with E-state index in [4.69, 9.17) is 4.74 Å². The fourth-order valence-corrected chi connectivity index (χ4v) is 3.84. The molecular weight excluding hydrogens is 353 g/mol. The molecule has 0 saturated carbocycles. The summed E-state index contributed by atoms with van der Waals surface area (Å²) in [5.74, 6) is -0.149. The van der Waals surface area contributed by atoms with Crippen LogP contribution in [0, 0.1) is 5.82 Å². The lowest BCUT2D eigenvalue weighted by atomic mass is 10.2. The molecule has 2 heterocycles. The standard InChI is InChI=1S/C19H16FN3O2S/c20-15-9-5-4-8-14(15)17-21-22-19(26-16-10-11-25-18(16)24)23(17)12-13-6-2-1-3-7-13/h1-9,16H,10-12H2. The summed E-state index contributed by atoms with van der Waals surface area (Å²) in [6.07, 6.45) is 0.636. The number of esters is 1. The van der Waals surface area contributed by atoms with E-state index in [9.17, 15) is 9.18 Å². The van der Waals surface area contributed by atoms with Crippen molar-refractivity contribution in [2.24, 2.45) is 0 Å². The maximum atomic E-state index is 14.3. The minimum atomic E-state index is -0.356. The van der Waals surface area contributed by atoms with Crippen molar-refractivity contribution in [1.82, 2.24) is 14.8 Å². The molecule has 2 aromatic carbocycles. The molecule has 1 fully saturated rings. The number of benzene rings is 2. The molecule has 0 radical (unpaired) electrons. The van der Waals surface area contributed by atoms with E-state index in [0.717, 1.165) is 5.56 Å². The van der Waals surface area contributed by atoms with Gasteiger partial charge in [-0.2, -0.15) is 0 Å². The summed E-state index contributed by atoms with van der Waals surface area (Å²) in [6, 6.07) is 16.3. The maximum Gasteiger partial charge on any atom is 0.319 e. The Bertz CT molecular complexity index is 930. The average Bonchev–Trinajstić information content (AvgIpc) is 3.24. The van der Waals surface area contributed by atoms with Crippen LogP contribution in [0.4, 0.5) is 4.39 Å². The van der Waals surface area contributed by atoms with Crippen molar-refractivity contribution in [2.45, 2.75) is 23.4 Å². The summed E-state index contributed by atoms with van der Waals surface area (Å²) in [4.78, 5) is 11.8. The number of cyclic esters (lactones) is 1. The lowest BCUT2D eigenvalue weighted by molar-refractivity contribution is -0.137. The average molecular weight is 369 g/mol. The summed E-state index contributed by atoms with van der Waals surface area (Å²) in [5, 5.41) is 8.72. The molecule has 0 amide bonds. The third-order valence-electron chi connectivity index (χ3n) is 4.15. The highest BCUT2D eigenvalue weighted by molar-refractivity contribution is 8.00. The van der Waals surface area contributed by atoms with Gasteiger partial charge in [-0.05, 0) is 17.7 Å². The molecule has 132 valence electrons. The Balaban J connectivity index is 1.74. The molecule has 1 aliphatic heterocycles. The normalized spacial score (nSPS) is 16.7. The molecule has 1 saturated heterocycles. The van der Waals surface area contributed by atoms with Crippen LogP contribution in [-0.4, -0.2) is 32.6 Å². The zero-order chi connectivity index (χ0) is 17.9. The molecule has 3 aromatic rings. The Morgan fingerprint density at radius 1 is 1.12 bits per heavy atom. The fourth-order valence-electron chi connectivity index (χ4n) is 2.84. The van der Waals surface area contributed by atoms with Gasteiger partial charge in [-0.25, -0.2) is 4.39 Å². The topological polar surface area (TPSA) is 57.0 Å². The van der Waals surface area contributed by atoms with Gasteiger partial charge in [0.25, 0.3) is 0 Å². The zero-order valence-corrected chi connectivity index (χ0v) is 14.7. The van der Waals surface area contributed by atoms with Gasteiger partial charge in [0.1, 0.15) is 11.1 Å². The lowest BCUT2D eigenvalue weighted by Crippen LogP contribution is -2.12. The first-order valence-electron chi connectivity index (χ1n) is 8.27. The maximum absolute atomic E-state index is 14.3. The Kier molecular flexibility index (Phi) is 4.71. The summed E-state index contributed by atoms with van der Waals surface area (Å²) in [6.45, 7) is 0.908. The molecule has 0 spiro atoms. The number of thioether (sulfide) groups is 1. The van der Waals surface area contributed by atoms with Crippen molar-refractivity contribution in [2.75, 3.05) is 6.61 Å². The van der Waals surface area contributed by atoms with Crippen LogP contribution in [0.15, 0.2) is 59.8 Å². The summed E-state index contributed by atoms with van der Waals surface area (Å²) >= 11 is 1.32. The summed E-state index contributed by atoms with van der Waals surface area (Å²) < 4.78 is 21.2. The van der Waals surface area contributed by atoms with Gasteiger partial charge in [0.2, 0.25) is 0 Å². The Morgan fingerprint density at radius 2 is 1.88 bits per heavy atom. The fraction of sp³-hybridized carbons (Fsp3) is 0.211. The van der Waals surface area contributed by atoms with Gasteiger partial charge >= 0.3 is 5.97 Å². The van der Waals surface area contributed by atoms with E-state index < -0.39 is 0 Å². The largest absolute Gasteiger partial charge is 0.465 e. The van der Waals surface area contributed by atoms with Crippen LogP contribution in [0.5, 0.6) is 0 Å². The van der Waals surface area contributed by atoms with E-state index in [1.54, 1.807) is 18.2 Å². The van der Waals surface area contributed by atoms with Gasteiger partial charge < -0.3 is 4.74 Å². The van der Waals surface area contributed by atoms with Crippen molar-refractivity contribution in [3.8, 4) is 11.4 Å². The van der Waals surface area contributed by atoms with Gasteiger partial charge in [-0.1, -0.05) is 54.2 Å². The van der Waals surface area contributed by atoms with Crippen molar-refractivity contribution >= 4 is 17.7 Å². The van der Waals surface area contributed by atoms with Crippen molar-refractivity contribution in [3.05, 3.63) is 66.0 Å². The van der Waals surface area contributed by atoms with Gasteiger partial charge in [0.05, 0.1) is 18.7 Å². The third kappa shape index (κ3) is 3.35. The van der Waals surface area contributed by atoms with Gasteiger partial charge in [0, 0.05) is 6.42 Å².